The Labute approximate surface area is 209 Å². The molecule has 2 amide bonds. The van der Waals surface area contributed by atoms with Crippen LogP contribution in [0.5, 0.6) is 5.75 Å². The highest BCUT2D eigenvalue weighted by Gasteiger charge is 2.44. The molecule has 0 unspecified atom stereocenters. The maximum atomic E-state index is 12.9. The Kier molecular flexibility index (Phi) is 8.36. The number of methoxy groups -OCH3 is 2. The molecule has 2 atom stereocenters. The van der Waals surface area contributed by atoms with E-state index in [1.165, 1.54) is 14.2 Å². The van der Waals surface area contributed by atoms with Crippen LogP contribution in [0.3, 0.4) is 0 Å². The Morgan fingerprint density at radius 1 is 1.24 bits per heavy atom. The smallest absolute Gasteiger partial charge is 0.319 e. The Bertz CT molecular complexity index is 1210. The van der Waals surface area contributed by atoms with Gasteiger partial charge in [-0.25, -0.2) is 0 Å². The van der Waals surface area contributed by atoms with E-state index in [2.05, 4.69) is 32.6 Å². The molecule has 0 spiro atoms. The van der Waals surface area contributed by atoms with Gasteiger partial charge in [0.25, 0.3) is 0 Å². The fourth-order valence-corrected chi connectivity index (χ4v) is 5.02. The van der Waals surface area contributed by atoms with E-state index in [1.807, 2.05) is 25.1 Å². The summed E-state index contributed by atoms with van der Waals surface area (Å²) in [5.41, 5.74) is 2.37. The topological polar surface area (TPSA) is 118 Å². The van der Waals surface area contributed by atoms with Crippen molar-refractivity contribution in [3.05, 3.63) is 68.7 Å². The van der Waals surface area contributed by atoms with E-state index in [9.17, 15) is 19.6 Å². The zero-order valence-electron chi connectivity index (χ0n) is 18.7. The molecule has 0 bridgehead atoms. The number of anilines is 1. The van der Waals surface area contributed by atoms with Crippen LogP contribution in [0.25, 0.3) is 0 Å². The Morgan fingerprint density at radius 2 is 2.00 bits per heavy atom. The van der Waals surface area contributed by atoms with Gasteiger partial charge in [0.15, 0.2) is 0 Å². The van der Waals surface area contributed by atoms with Crippen LogP contribution in [0.4, 0.5) is 5.69 Å². The predicted molar refractivity (Wildman–Crippen MR) is 132 cm³/mol. The number of amides is 2. The van der Waals surface area contributed by atoms with Crippen LogP contribution >= 0.6 is 27.7 Å². The number of aryl methyl sites for hydroxylation is 1. The molecule has 0 aliphatic carbocycles. The van der Waals surface area contributed by atoms with Crippen molar-refractivity contribution in [2.75, 3.05) is 25.3 Å². The number of hydrogen-bond donors (Lipinski definition) is 2. The van der Waals surface area contributed by atoms with Gasteiger partial charge in [0, 0.05) is 11.6 Å². The molecule has 34 heavy (non-hydrogen) atoms. The number of allylic oxidation sites excluding steroid dienone is 1. The number of esters is 1. The van der Waals surface area contributed by atoms with Crippen molar-refractivity contribution in [1.82, 2.24) is 5.32 Å². The lowest BCUT2D eigenvalue weighted by Crippen LogP contribution is -2.44. The van der Waals surface area contributed by atoms with Gasteiger partial charge in [-0.05, 0) is 58.2 Å². The highest BCUT2D eigenvalue weighted by atomic mass is 79.9. The van der Waals surface area contributed by atoms with E-state index < -0.39 is 23.7 Å². The molecular weight excluding hydrogens is 522 g/mol. The molecule has 0 saturated carbocycles. The van der Waals surface area contributed by atoms with Crippen molar-refractivity contribution >= 4 is 51.2 Å². The van der Waals surface area contributed by atoms with E-state index >= 15 is 0 Å². The molecule has 0 aromatic heterocycles. The lowest BCUT2D eigenvalue weighted by Gasteiger charge is -2.31. The number of carbonyl (C=O) groups is 3. The van der Waals surface area contributed by atoms with E-state index in [1.54, 1.807) is 24.3 Å². The molecule has 1 aliphatic rings. The second kappa shape index (κ2) is 11.2. The molecule has 0 fully saturated rings. The van der Waals surface area contributed by atoms with Crippen molar-refractivity contribution < 1.29 is 23.9 Å². The Hall–Kier alpha value is -3.29. The third kappa shape index (κ3) is 5.61. The first-order valence-electron chi connectivity index (χ1n) is 10.1. The van der Waals surface area contributed by atoms with E-state index in [0.29, 0.717) is 21.5 Å². The van der Waals surface area contributed by atoms with Crippen LogP contribution in [0, 0.1) is 24.2 Å². The van der Waals surface area contributed by atoms with E-state index in [0.717, 1.165) is 17.3 Å². The van der Waals surface area contributed by atoms with Gasteiger partial charge in [-0.15, -0.1) is 0 Å². The molecule has 8 nitrogen and oxygen atoms in total. The number of hydrogen-bond acceptors (Lipinski definition) is 7. The van der Waals surface area contributed by atoms with Crippen LogP contribution in [0.15, 0.2) is 57.5 Å². The minimum Gasteiger partial charge on any atom is -0.496 e. The minimum absolute atomic E-state index is 0.0450. The number of halogens is 1. The van der Waals surface area contributed by atoms with Crippen LogP contribution in [-0.2, 0) is 19.1 Å². The van der Waals surface area contributed by atoms with Gasteiger partial charge in [0.1, 0.15) is 11.7 Å². The second-order valence-electron chi connectivity index (χ2n) is 7.42. The number of nitrogens with one attached hydrogen (secondary N) is 2. The van der Waals surface area contributed by atoms with Crippen LogP contribution in [0.2, 0.25) is 0 Å². The van der Waals surface area contributed by atoms with Gasteiger partial charge < -0.3 is 20.1 Å². The third-order valence-corrected chi connectivity index (χ3v) is 6.81. The molecule has 176 valence electrons. The summed E-state index contributed by atoms with van der Waals surface area (Å²) in [7, 11) is 2.70. The van der Waals surface area contributed by atoms with E-state index in [-0.39, 0.29) is 22.3 Å². The molecular formula is C24H22BrN3O5S. The molecule has 2 aromatic rings. The summed E-state index contributed by atoms with van der Waals surface area (Å²) in [6.07, 6.45) is 0. The molecule has 1 heterocycles. The minimum atomic E-state index is -1.26. The standard InChI is InChI=1S/C24H22BrN3O5S/c1-13-5-4-6-15(9-13)27-19(29)12-34-23-16(11-26)20(21(22(30)28-23)24(31)33-3)14-7-8-18(32-2)17(25)10-14/h4-10,20-21H,12H2,1-3H3,(H,27,29)(H,28,30)/t20-,21+/m1/s1. The monoisotopic (exact) mass is 543 g/mol. The molecule has 10 heteroatoms. The Morgan fingerprint density at radius 3 is 2.62 bits per heavy atom. The maximum Gasteiger partial charge on any atom is 0.319 e. The summed E-state index contributed by atoms with van der Waals surface area (Å²) in [4.78, 5) is 37.9. The zero-order valence-corrected chi connectivity index (χ0v) is 21.1. The summed E-state index contributed by atoms with van der Waals surface area (Å²) in [5.74, 6) is -3.30. The largest absolute Gasteiger partial charge is 0.496 e. The fourth-order valence-electron chi connectivity index (χ4n) is 3.61. The zero-order chi connectivity index (χ0) is 24.8. The van der Waals surface area contributed by atoms with Crippen LogP contribution < -0.4 is 15.4 Å². The molecule has 1 aliphatic heterocycles. The summed E-state index contributed by atoms with van der Waals surface area (Å²) in [5, 5.41) is 15.6. The van der Waals surface area contributed by atoms with Gasteiger partial charge >= 0.3 is 5.97 Å². The van der Waals surface area contributed by atoms with Crippen LogP contribution in [-0.4, -0.2) is 37.8 Å². The normalized spacial score (nSPS) is 17.4. The number of benzene rings is 2. The quantitative estimate of drug-likeness (QED) is 0.402. The highest BCUT2D eigenvalue weighted by Crippen LogP contribution is 2.42. The van der Waals surface area contributed by atoms with Gasteiger partial charge in [-0.3, -0.25) is 14.4 Å². The average Bonchev–Trinajstić information content (AvgIpc) is 2.81. The molecule has 2 aromatic carbocycles. The average molecular weight is 544 g/mol. The van der Waals surface area contributed by atoms with Gasteiger partial charge in [-0.1, -0.05) is 30.0 Å². The number of nitrogens with zero attached hydrogens (tertiary/aromatic N) is 1. The molecule has 2 N–H and O–H groups in total. The number of nitriles is 1. The number of carbonyl (C=O) groups excluding carboxylic acids is 3. The third-order valence-electron chi connectivity index (χ3n) is 5.17. The summed E-state index contributed by atoms with van der Waals surface area (Å²) in [6, 6.07) is 14.5. The van der Waals surface area contributed by atoms with Crippen LogP contribution in [0.1, 0.15) is 17.0 Å². The van der Waals surface area contributed by atoms with Gasteiger partial charge in [0.2, 0.25) is 11.8 Å². The van der Waals surface area contributed by atoms with Crippen molar-refractivity contribution in [2.24, 2.45) is 5.92 Å². The summed E-state index contributed by atoms with van der Waals surface area (Å²) < 4.78 is 10.7. The fraction of sp³-hybridized carbons (Fsp3) is 0.250. The van der Waals surface area contributed by atoms with Gasteiger partial charge in [-0.2, -0.15) is 5.26 Å². The summed E-state index contributed by atoms with van der Waals surface area (Å²) >= 11 is 4.43. The highest BCUT2D eigenvalue weighted by molar-refractivity contribution is 9.10. The lowest BCUT2D eigenvalue weighted by atomic mass is 9.78. The first-order chi connectivity index (χ1) is 16.3. The SMILES string of the molecule is COC(=O)[C@@H]1C(=O)NC(SCC(=O)Nc2cccc(C)c2)=C(C#N)[C@H]1c1ccc(OC)c(Br)c1. The number of rotatable bonds is 7. The van der Waals surface area contributed by atoms with E-state index in [4.69, 9.17) is 9.47 Å². The molecule has 3 rings (SSSR count). The maximum absolute atomic E-state index is 12.9. The molecule has 0 radical (unpaired) electrons. The second-order valence-corrected chi connectivity index (χ2v) is 9.26. The van der Waals surface area contributed by atoms with Crippen molar-refractivity contribution in [3.63, 3.8) is 0 Å². The van der Waals surface area contributed by atoms with Gasteiger partial charge in [0.05, 0.1) is 41.1 Å². The van der Waals surface area contributed by atoms with Crippen molar-refractivity contribution in [2.45, 2.75) is 12.8 Å². The number of ether oxygens (including phenoxy) is 2. The molecule has 0 saturated heterocycles. The predicted octanol–water partition coefficient (Wildman–Crippen LogP) is 3.88. The first-order valence-corrected chi connectivity index (χ1v) is 11.9. The summed E-state index contributed by atoms with van der Waals surface area (Å²) in [6.45, 7) is 1.92. The Balaban J connectivity index is 1.93. The first kappa shape index (κ1) is 25.3. The van der Waals surface area contributed by atoms with Crippen molar-refractivity contribution in [1.29, 1.82) is 5.26 Å². The number of thioether (sulfide) groups is 1. The van der Waals surface area contributed by atoms with Crippen molar-refractivity contribution in [3.8, 4) is 11.8 Å². The lowest BCUT2D eigenvalue weighted by molar-refractivity contribution is -0.150.